The second-order valence-electron chi connectivity index (χ2n) is 3.42. The molecular weight excluding hydrogens is 202 g/mol. The molecule has 0 spiro atoms. The Balaban J connectivity index is 2.60. The minimum absolute atomic E-state index is 0.518. The van der Waals surface area contributed by atoms with Gasteiger partial charge in [0.25, 0.3) is 0 Å². The third-order valence-corrected chi connectivity index (χ3v) is 2.38. The third-order valence-electron chi connectivity index (χ3n) is 2.38. The fraction of sp³-hybridized carbons (Fsp3) is 0.0833. The van der Waals surface area contributed by atoms with Crippen LogP contribution < -0.4 is 16.2 Å². The number of nitrogens with two attached hydrogens (primary N) is 2. The smallest absolute Gasteiger partial charge is 0.128 e. The topological polar surface area (TPSA) is 74.2 Å². The molecule has 0 saturated heterocycles. The van der Waals surface area contributed by atoms with Gasteiger partial charge in [0.15, 0.2) is 0 Å². The number of nitrogens with zero attached hydrogens (tertiary/aromatic N) is 1. The van der Waals surface area contributed by atoms with Crippen molar-refractivity contribution in [2.24, 2.45) is 0 Å². The fourth-order valence-corrected chi connectivity index (χ4v) is 1.53. The van der Waals surface area contributed by atoms with Gasteiger partial charge in [-0.2, -0.15) is 0 Å². The Kier molecular flexibility index (Phi) is 2.64. The van der Waals surface area contributed by atoms with Gasteiger partial charge >= 0.3 is 0 Å². The first-order valence-electron chi connectivity index (χ1n) is 4.85. The lowest BCUT2D eigenvalue weighted by Gasteiger charge is -2.11. The fourth-order valence-electron chi connectivity index (χ4n) is 1.53. The number of pyridine rings is 1. The molecule has 0 bridgehead atoms. The van der Waals surface area contributed by atoms with Crippen molar-refractivity contribution in [2.45, 2.75) is 0 Å². The van der Waals surface area contributed by atoms with E-state index in [1.165, 1.54) is 0 Å². The average molecular weight is 215 g/mol. The minimum Gasteiger partial charge on any atom is -0.496 e. The monoisotopic (exact) mass is 215 g/mol. The van der Waals surface area contributed by atoms with Gasteiger partial charge in [-0.15, -0.1) is 0 Å². The lowest BCUT2D eigenvalue weighted by Crippen LogP contribution is -1.97. The van der Waals surface area contributed by atoms with Gasteiger partial charge in [0.2, 0.25) is 0 Å². The van der Waals surface area contributed by atoms with E-state index in [1.54, 1.807) is 31.6 Å². The zero-order valence-corrected chi connectivity index (χ0v) is 8.97. The highest BCUT2D eigenvalue weighted by atomic mass is 16.5. The molecule has 0 radical (unpaired) electrons. The summed E-state index contributed by atoms with van der Waals surface area (Å²) >= 11 is 0. The number of rotatable bonds is 2. The van der Waals surface area contributed by atoms with E-state index in [0.717, 1.165) is 11.1 Å². The Morgan fingerprint density at radius 3 is 2.56 bits per heavy atom. The summed E-state index contributed by atoms with van der Waals surface area (Å²) in [4.78, 5) is 4.06. The average Bonchev–Trinajstić information content (AvgIpc) is 2.33. The van der Waals surface area contributed by atoms with Gasteiger partial charge in [0.05, 0.1) is 18.5 Å². The lowest BCUT2D eigenvalue weighted by molar-refractivity contribution is 0.416. The molecule has 0 fully saturated rings. The Morgan fingerprint density at radius 1 is 1.19 bits per heavy atom. The summed E-state index contributed by atoms with van der Waals surface area (Å²) in [5.74, 6) is 0.694. The van der Waals surface area contributed by atoms with Crippen molar-refractivity contribution in [3.63, 3.8) is 0 Å². The summed E-state index contributed by atoms with van der Waals surface area (Å²) < 4.78 is 5.27. The zero-order valence-electron chi connectivity index (χ0n) is 8.97. The van der Waals surface area contributed by atoms with Crippen molar-refractivity contribution in [3.05, 3.63) is 36.7 Å². The van der Waals surface area contributed by atoms with Crippen LogP contribution in [0, 0.1) is 0 Å². The maximum atomic E-state index is 5.78. The highest BCUT2D eigenvalue weighted by Crippen LogP contribution is 2.34. The number of methoxy groups -OCH3 is 1. The van der Waals surface area contributed by atoms with Crippen LogP contribution in [0.15, 0.2) is 36.7 Å². The lowest BCUT2D eigenvalue weighted by atomic mass is 10.0. The molecule has 1 aromatic carbocycles. The first kappa shape index (κ1) is 10.3. The first-order valence-corrected chi connectivity index (χ1v) is 4.85. The van der Waals surface area contributed by atoms with Crippen molar-refractivity contribution < 1.29 is 4.74 Å². The van der Waals surface area contributed by atoms with Crippen molar-refractivity contribution >= 4 is 11.4 Å². The molecule has 0 saturated carbocycles. The van der Waals surface area contributed by atoms with Gasteiger partial charge in [-0.25, -0.2) is 0 Å². The SMILES string of the molecule is COc1cc(N)c(N)cc1-c1cccnc1. The summed E-state index contributed by atoms with van der Waals surface area (Å²) in [5, 5.41) is 0. The highest BCUT2D eigenvalue weighted by Gasteiger charge is 2.08. The largest absolute Gasteiger partial charge is 0.496 e. The normalized spacial score (nSPS) is 10.1. The molecular formula is C12H13N3O. The predicted octanol–water partition coefficient (Wildman–Crippen LogP) is 1.92. The van der Waals surface area contributed by atoms with Crippen LogP contribution in [0.1, 0.15) is 0 Å². The molecule has 0 amide bonds. The van der Waals surface area contributed by atoms with E-state index < -0.39 is 0 Å². The minimum atomic E-state index is 0.518. The van der Waals surface area contributed by atoms with Gasteiger partial charge < -0.3 is 16.2 Å². The maximum Gasteiger partial charge on any atom is 0.128 e. The quantitative estimate of drug-likeness (QED) is 0.750. The Labute approximate surface area is 93.9 Å². The van der Waals surface area contributed by atoms with Gasteiger partial charge in [0.1, 0.15) is 5.75 Å². The second kappa shape index (κ2) is 4.10. The number of nitrogen functional groups attached to an aromatic ring is 2. The molecule has 16 heavy (non-hydrogen) atoms. The summed E-state index contributed by atoms with van der Waals surface area (Å²) in [7, 11) is 1.60. The van der Waals surface area contributed by atoms with Crippen LogP contribution in [-0.2, 0) is 0 Å². The van der Waals surface area contributed by atoms with Crippen LogP contribution in [0.2, 0.25) is 0 Å². The zero-order chi connectivity index (χ0) is 11.5. The van der Waals surface area contributed by atoms with E-state index >= 15 is 0 Å². The van der Waals surface area contributed by atoms with Gasteiger partial charge in [-0.3, -0.25) is 4.98 Å². The number of hydrogen-bond donors (Lipinski definition) is 2. The number of benzene rings is 1. The van der Waals surface area contributed by atoms with Crippen LogP contribution >= 0.6 is 0 Å². The number of aromatic nitrogens is 1. The van der Waals surface area contributed by atoms with Gasteiger partial charge in [-0.1, -0.05) is 6.07 Å². The van der Waals surface area contributed by atoms with Crippen LogP contribution in [0.5, 0.6) is 5.75 Å². The molecule has 1 aromatic heterocycles. The molecule has 0 atom stereocenters. The molecule has 0 aliphatic rings. The molecule has 0 unspecified atom stereocenters. The predicted molar refractivity (Wildman–Crippen MR) is 65.0 cm³/mol. The van der Waals surface area contributed by atoms with E-state index in [2.05, 4.69) is 4.98 Å². The molecule has 1 heterocycles. The van der Waals surface area contributed by atoms with Crippen molar-refractivity contribution in [1.29, 1.82) is 0 Å². The van der Waals surface area contributed by atoms with E-state index in [-0.39, 0.29) is 0 Å². The van der Waals surface area contributed by atoms with Gasteiger partial charge in [-0.05, 0) is 12.1 Å². The Morgan fingerprint density at radius 2 is 1.94 bits per heavy atom. The summed E-state index contributed by atoms with van der Waals surface area (Å²) in [6, 6.07) is 7.32. The van der Waals surface area contributed by atoms with Crippen molar-refractivity contribution in [3.8, 4) is 16.9 Å². The molecule has 0 aliphatic heterocycles. The number of ether oxygens (including phenoxy) is 1. The highest BCUT2D eigenvalue weighted by molar-refractivity contribution is 5.79. The second-order valence-corrected chi connectivity index (χ2v) is 3.42. The maximum absolute atomic E-state index is 5.78. The molecule has 2 rings (SSSR count). The number of anilines is 2. The Hall–Kier alpha value is -2.23. The molecule has 2 aromatic rings. The molecule has 4 N–H and O–H groups in total. The number of hydrogen-bond acceptors (Lipinski definition) is 4. The van der Waals surface area contributed by atoms with Crippen LogP contribution in [0.3, 0.4) is 0 Å². The van der Waals surface area contributed by atoms with E-state index in [1.807, 2.05) is 12.1 Å². The van der Waals surface area contributed by atoms with Gasteiger partial charge in [0, 0.05) is 29.6 Å². The third kappa shape index (κ3) is 1.77. The molecule has 4 heteroatoms. The van der Waals surface area contributed by atoms with E-state index in [9.17, 15) is 0 Å². The summed E-state index contributed by atoms with van der Waals surface area (Å²) in [5.41, 5.74) is 14.4. The van der Waals surface area contributed by atoms with Crippen LogP contribution in [-0.4, -0.2) is 12.1 Å². The molecule has 4 nitrogen and oxygen atoms in total. The van der Waals surface area contributed by atoms with E-state index in [0.29, 0.717) is 17.1 Å². The summed E-state index contributed by atoms with van der Waals surface area (Å²) in [6.07, 6.45) is 3.48. The van der Waals surface area contributed by atoms with Crippen molar-refractivity contribution in [2.75, 3.05) is 18.6 Å². The molecule has 82 valence electrons. The first-order chi connectivity index (χ1) is 7.72. The summed E-state index contributed by atoms with van der Waals surface area (Å²) in [6.45, 7) is 0. The standard InChI is InChI=1S/C12H13N3O/c1-16-12-6-11(14)10(13)5-9(12)8-3-2-4-15-7-8/h2-7H,13-14H2,1H3. The van der Waals surface area contributed by atoms with E-state index in [4.69, 9.17) is 16.2 Å². The van der Waals surface area contributed by atoms with Crippen LogP contribution in [0.4, 0.5) is 11.4 Å². The molecule has 0 aliphatic carbocycles. The van der Waals surface area contributed by atoms with Crippen LogP contribution in [0.25, 0.3) is 11.1 Å². The van der Waals surface area contributed by atoms with Crippen molar-refractivity contribution in [1.82, 2.24) is 4.98 Å². The Bertz CT molecular complexity index is 497.